The smallest absolute Gasteiger partial charge is 0.368 e. The summed E-state index contributed by atoms with van der Waals surface area (Å²) in [5.74, 6) is 1.64. The molecule has 0 aromatic carbocycles. The maximum atomic E-state index is 12.4. The molecule has 0 bridgehead atoms. The van der Waals surface area contributed by atoms with E-state index < -0.39 is 12.7 Å². The number of aryl methyl sites for hydroxylation is 1. The number of rotatable bonds is 5. The summed E-state index contributed by atoms with van der Waals surface area (Å²) in [6, 6.07) is 5.55. The molecular weight excluding hydrogens is 333 g/mol. The molecule has 1 saturated heterocycles. The van der Waals surface area contributed by atoms with Crippen LogP contribution in [0.3, 0.4) is 0 Å². The number of piperidine rings is 1. The Balaban J connectivity index is 1.45. The van der Waals surface area contributed by atoms with Gasteiger partial charge in [-0.25, -0.2) is 4.68 Å². The molecule has 25 heavy (non-hydrogen) atoms. The lowest BCUT2D eigenvalue weighted by Gasteiger charge is -2.32. The van der Waals surface area contributed by atoms with Gasteiger partial charge in [0, 0.05) is 12.7 Å². The van der Waals surface area contributed by atoms with Crippen molar-refractivity contribution in [1.29, 1.82) is 0 Å². The lowest BCUT2D eigenvalue weighted by Crippen LogP contribution is -2.41. The molecule has 9 heteroatoms. The Bertz CT molecular complexity index is 674. The highest BCUT2D eigenvalue weighted by Crippen LogP contribution is 2.22. The van der Waals surface area contributed by atoms with Crippen molar-refractivity contribution in [3.63, 3.8) is 0 Å². The predicted molar refractivity (Wildman–Crippen MR) is 87.6 cm³/mol. The number of nitrogens with one attached hydrogen (secondary N) is 1. The average molecular weight is 354 g/mol. The summed E-state index contributed by atoms with van der Waals surface area (Å²) >= 11 is 0. The molecule has 3 heterocycles. The van der Waals surface area contributed by atoms with Gasteiger partial charge in [-0.1, -0.05) is 0 Å². The van der Waals surface area contributed by atoms with Crippen LogP contribution < -0.4 is 5.32 Å². The van der Waals surface area contributed by atoms with Crippen LogP contribution in [0.4, 0.5) is 19.0 Å². The molecule has 1 aliphatic rings. The topological polar surface area (TPSA) is 58.9 Å². The van der Waals surface area contributed by atoms with E-state index in [-0.39, 0.29) is 0 Å². The van der Waals surface area contributed by atoms with Crippen LogP contribution in [0.25, 0.3) is 5.82 Å². The number of hydrogen-bond donors (Lipinski definition) is 1. The molecular formula is C16H21F3N6. The van der Waals surface area contributed by atoms with Crippen LogP contribution in [0.15, 0.2) is 24.4 Å². The van der Waals surface area contributed by atoms with Gasteiger partial charge in [0.05, 0.1) is 12.2 Å². The Kier molecular flexibility index (Phi) is 5.22. The van der Waals surface area contributed by atoms with Gasteiger partial charge in [0.1, 0.15) is 5.82 Å². The molecule has 6 nitrogen and oxygen atoms in total. The summed E-state index contributed by atoms with van der Waals surface area (Å²) in [6.45, 7) is 2.74. The summed E-state index contributed by atoms with van der Waals surface area (Å²) in [5, 5.41) is 15.8. The van der Waals surface area contributed by atoms with Gasteiger partial charge in [-0.05, 0) is 57.0 Å². The molecule has 1 N–H and O–H groups in total. The molecule has 2 aromatic rings. The van der Waals surface area contributed by atoms with Crippen LogP contribution in [0.1, 0.15) is 18.5 Å². The van der Waals surface area contributed by atoms with Crippen molar-refractivity contribution in [2.45, 2.75) is 25.9 Å². The first-order chi connectivity index (χ1) is 11.9. The number of likely N-dealkylation sites (tertiary alicyclic amines) is 1. The van der Waals surface area contributed by atoms with Crippen LogP contribution in [0, 0.1) is 12.8 Å². The molecule has 1 fully saturated rings. The number of nitrogens with zero attached hydrogens (tertiary/aromatic N) is 5. The molecule has 0 aliphatic carbocycles. The largest absolute Gasteiger partial charge is 0.401 e. The monoisotopic (exact) mass is 354 g/mol. The second-order valence-corrected chi connectivity index (χ2v) is 6.39. The van der Waals surface area contributed by atoms with E-state index >= 15 is 0 Å². The van der Waals surface area contributed by atoms with E-state index in [1.54, 1.807) is 4.68 Å². The Morgan fingerprint density at radius 2 is 1.92 bits per heavy atom. The van der Waals surface area contributed by atoms with Crippen molar-refractivity contribution < 1.29 is 13.2 Å². The van der Waals surface area contributed by atoms with Gasteiger partial charge >= 0.3 is 6.18 Å². The highest BCUT2D eigenvalue weighted by Gasteiger charge is 2.32. The highest BCUT2D eigenvalue weighted by molar-refractivity contribution is 5.36. The van der Waals surface area contributed by atoms with Crippen molar-refractivity contribution >= 4 is 5.82 Å². The SMILES string of the molecule is Cc1ccn(-c2ccc(NCC3CCN(CC(F)(F)F)CC3)nn2)n1. The molecule has 0 saturated carbocycles. The Hall–Kier alpha value is -2.16. The third kappa shape index (κ3) is 5.15. The van der Waals surface area contributed by atoms with Crippen molar-refractivity contribution in [2.75, 3.05) is 31.5 Å². The lowest BCUT2D eigenvalue weighted by molar-refractivity contribution is -0.148. The number of aromatic nitrogens is 4. The lowest BCUT2D eigenvalue weighted by atomic mass is 9.97. The zero-order valence-corrected chi connectivity index (χ0v) is 14.0. The summed E-state index contributed by atoms with van der Waals surface area (Å²) in [7, 11) is 0. The van der Waals surface area contributed by atoms with Gasteiger partial charge in [0.25, 0.3) is 0 Å². The minimum atomic E-state index is -4.12. The van der Waals surface area contributed by atoms with Gasteiger partial charge < -0.3 is 5.32 Å². The van der Waals surface area contributed by atoms with Crippen LogP contribution in [-0.4, -0.2) is 57.2 Å². The van der Waals surface area contributed by atoms with E-state index in [9.17, 15) is 13.2 Å². The molecule has 0 amide bonds. The zero-order valence-electron chi connectivity index (χ0n) is 14.0. The van der Waals surface area contributed by atoms with Crippen molar-refractivity contribution in [1.82, 2.24) is 24.9 Å². The molecule has 136 valence electrons. The summed E-state index contributed by atoms with van der Waals surface area (Å²) in [4.78, 5) is 1.47. The van der Waals surface area contributed by atoms with Gasteiger partial charge in [-0.15, -0.1) is 10.2 Å². The Morgan fingerprint density at radius 3 is 2.48 bits per heavy atom. The number of halogens is 3. The maximum Gasteiger partial charge on any atom is 0.401 e. The van der Waals surface area contributed by atoms with Crippen molar-refractivity contribution in [3.05, 3.63) is 30.1 Å². The minimum Gasteiger partial charge on any atom is -0.368 e. The van der Waals surface area contributed by atoms with E-state index in [4.69, 9.17) is 0 Å². The molecule has 2 aromatic heterocycles. The average Bonchev–Trinajstić information content (AvgIpc) is 3.00. The Labute approximate surface area is 144 Å². The van der Waals surface area contributed by atoms with Gasteiger partial charge in [-0.2, -0.15) is 18.3 Å². The first-order valence-corrected chi connectivity index (χ1v) is 8.28. The molecule has 0 radical (unpaired) electrons. The summed E-state index contributed by atoms with van der Waals surface area (Å²) in [5.41, 5.74) is 0.904. The van der Waals surface area contributed by atoms with Crippen LogP contribution in [0.5, 0.6) is 0 Å². The third-order valence-electron chi connectivity index (χ3n) is 4.29. The van der Waals surface area contributed by atoms with Crippen molar-refractivity contribution in [2.24, 2.45) is 5.92 Å². The number of hydrogen-bond acceptors (Lipinski definition) is 5. The van der Waals surface area contributed by atoms with Crippen LogP contribution >= 0.6 is 0 Å². The summed E-state index contributed by atoms with van der Waals surface area (Å²) < 4.78 is 38.8. The normalized spacial score (nSPS) is 17.0. The molecule has 0 spiro atoms. The Morgan fingerprint density at radius 1 is 1.16 bits per heavy atom. The molecule has 0 unspecified atom stereocenters. The van der Waals surface area contributed by atoms with E-state index in [1.165, 1.54) is 4.90 Å². The first kappa shape index (κ1) is 17.7. The predicted octanol–water partition coefficient (Wildman–Crippen LogP) is 2.66. The molecule has 3 rings (SSSR count). The van der Waals surface area contributed by atoms with Gasteiger partial charge in [0.2, 0.25) is 0 Å². The summed E-state index contributed by atoms with van der Waals surface area (Å²) in [6.07, 6.45) is -0.793. The fourth-order valence-electron chi connectivity index (χ4n) is 2.94. The number of anilines is 1. The van der Waals surface area contributed by atoms with E-state index in [2.05, 4.69) is 20.6 Å². The van der Waals surface area contributed by atoms with Crippen LogP contribution in [-0.2, 0) is 0 Å². The molecule has 1 aliphatic heterocycles. The van der Waals surface area contributed by atoms with E-state index in [1.807, 2.05) is 31.3 Å². The molecule has 0 atom stereocenters. The quantitative estimate of drug-likeness (QED) is 0.895. The van der Waals surface area contributed by atoms with Crippen LogP contribution in [0.2, 0.25) is 0 Å². The van der Waals surface area contributed by atoms with Crippen molar-refractivity contribution in [3.8, 4) is 5.82 Å². The minimum absolute atomic E-state index is 0.347. The number of alkyl halides is 3. The second-order valence-electron chi connectivity index (χ2n) is 6.39. The zero-order chi connectivity index (χ0) is 17.9. The van der Waals surface area contributed by atoms with Gasteiger partial charge in [0.15, 0.2) is 5.82 Å². The first-order valence-electron chi connectivity index (χ1n) is 8.28. The second kappa shape index (κ2) is 7.38. The fourth-order valence-corrected chi connectivity index (χ4v) is 2.94. The standard InChI is InChI=1S/C16H21F3N6/c1-12-4-9-25(23-12)15-3-2-14(21-22-15)20-10-13-5-7-24(8-6-13)11-16(17,18)19/h2-4,9,13H,5-8,10-11H2,1H3,(H,20,21). The van der Waals surface area contributed by atoms with E-state index in [0.29, 0.717) is 37.2 Å². The van der Waals surface area contributed by atoms with Gasteiger partial charge in [-0.3, -0.25) is 4.90 Å². The van der Waals surface area contributed by atoms with E-state index in [0.717, 1.165) is 18.5 Å². The maximum absolute atomic E-state index is 12.4. The fraction of sp³-hybridized carbons (Fsp3) is 0.562. The third-order valence-corrected chi connectivity index (χ3v) is 4.29. The highest BCUT2D eigenvalue weighted by atomic mass is 19.4.